The maximum Gasteiger partial charge on any atom is 0.244 e. The number of carbonyl (C=O) groups excluding carboxylic acids is 1. The Morgan fingerprint density at radius 2 is 1.97 bits per heavy atom. The number of anilines is 1. The van der Waals surface area contributed by atoms with Gasteiger partial charge in [0.05, 0.1) is 9.77 Å². The number of thiophene rings is 1. The Morgan fingerprint density at radius 1 is 1.24 bits per heavy atom. The van der Waals surface area contributed by atoms with E-state index in [0.717, 1.165) is 5.56 Å². The second-order valence-corrected chi connectivity index (χ2v) is 11.7. The number of aromatic nitrogens is 3. The number of piperidine rings is 1. The molecule has 1 amide bonds. The molecule has 3 aromatic heterocycles. The highest BCUT2D eigenvalue weighted by Crippen LogP contribution is 2.35. The first-order valence-electron chi connectivity index (χ1n) is 10.8. The Balaban J connectivity index is 1.43. The summed E-state index contributed by atoms with van der Waals surface area (Å²) in [6.07, 6.45) is 2.56. The lowest BCUT2D eigenvalue weighted by atomic mass is 9.97. The number of pyridine rings is 1. The Kier molecular flexibility index (Phi) is 6.64. The molecule has 1 N–H and O–H groups in total. The molecule has 4 rings (SSSR count). The summed E-state index contributed by atoms with van der Waals surface area (Å²) in [6, 6.07) is 5.29. The molecule has 0 bridgehead atoms. The zero-order valence-electron chi connectivity index (χ0n) is 19.0. The van der Waals surface area contributed by atoms with Crippen molar-refractivity contribution in [1.29, 1.82) is 0 Å². The number of sulfonamides is 1. The molecular weight excluding hydrogens is 462 g/mol. The maximum absolute atomic E-state index is 13.3. The second kappa shape index (κ2) is 9.32. The van der Waals surface area contributed by atoms with E-state index in [1.807, 2.05) is 32.9 Å². The summed E-state index contributed by atoms with van der Waals surface area (Å²) in [4.78, 5) is 22.7. The number of rotatable bonds is 6. The van der Waals surface area contributed by atoms with Crippen LogP contribution in [0.3, 0.4) is 0 Å². The summed E-state index contributed by atoms with van der Waals surface area (Å²) in [5.41, 5.74) is 1.01. The van der Waals surface area contributed by atoms with Gasteiger partial charge in [-0.3, -0.25) is 4.79 Å². The number of nitrogens with zero attached hydrogens (tertiary/aromatic N) is 4. The number of hydrogen-bond donors (Lipinski definition) is 1. The van der Waals surface area contributed by atoms with Crippen molar-refractivity contribution in [2.75, 3.05) is 18.4 Å². The van der Waals surface area contributed by atoms with Crippen molar-refractivity contribution in [2.45, 2.75) is 51.3 Å². The van der Waals surface area contributed by atoms with Crippen molar-refractivity contribution in [3.63, 3.8) is 0 Å². The van der Waals surface area contributed by atoms with E-state index in [4.69, 9.17) is 4.52 Å². The quantitative estimate of drug-likeness (QED) is 0.556. The molecule has 4 heterocycles. The van der Waals surface area contributed by atoms with Gasteiger partial charge < -0.3 is 9.84 Å². The van der Waals surface area contributed by atoms with Crippen LogP contribution in [-0.2, 0) is 14.8 Å². The van der Waals surface area contributed by atoms with E-state index in [1.165, 1.54) is 15.6 Å². The molecule has 1 saturated heterocycles. The van der Waals surface area contributed by atoms with Gasteiger partial charge in [-0.15, -0.1) is 11.3 Å². The number of amides is 1. The standard InChI is InChI=1S/C22H27N5O4S2/c1-13(2)22-25-20(26-31-22)17-12-18(15(4)32-17)33(29,30)27-9-6-16(7-10-27)21(28)24-19-11-14(3)5-8-23-19/h5,8,11-13,16H,6-7,9-10H2,1-4H3,(H,23,24,28). The van der Waals surface area contributed by atoms with Crippen LogP contribution in [0.25, 0.3) is 10.7 Å². The van der Waals surface area contributed by atoms with Crippen LogP contribution >= 0.6 is 11.3 Å². The fourth-order valence-electron chi connectivity index (χ4n) is 3.73. The molecule has 1 aliphatic heterocycles. The minimum atomic E-state index is -3.69. The summed E-state index contributed by atoms with van der Waals surface area (Å²) >= 11 is 1.33. The van der Waals surface area contributed by atoms with Gasteiger partial charge in [-0.1, -0.05) is 19.0 Å². The van der Waals surface area contributed by atoms with Crippen LogP contribution in [0.4, 0.5) is 5.82 Å². The van der Waals surface area contributed by atoms with Gasteiger partial charge in [0, 0.05) is 36.0 Å². The first-order chi connectivity index (χ1) is 15.6. The molecule has 0 aromatic carbocycles. The smallest absolute Gasteiger partial charge is 0.244 e. The Morgan fingerprint density at radius 3 is 2.61 bits per heavy atom. The van der Waals surface area contributed by atoms with Crippen LogP contribution in [0.2, 0.25) is 0 Å². The molecule has 3 aromatic rings. The van der Waals surface area contributed by atoms with E-state index in [-0.39, 0.29) is 35.7 Å². The molecule has 33 heavy (non-hydrogen) atoms. The third-order valence-electron chi connectivity index (χ3n) is 5.64. The Bertz CT molecular complexity index is 1260. The number of aryl methyl sites for hydroxylation is 2. The lowest BCUT2D eigenvalue weighted by molar-refractivity contribution is -0.120. The zero-order valence-corrected chi connectivity index (χ0v) is 20.7. The fourth-order valence-corrected chi connectivity index (χ4v) is 6.69. The fraction of sp³-hybridized carbons (Fsp3) is 0.455. The zero-order chi connectivity index (χ0) is 23.8. The van der Waals surface area contributed by atoms with Gasteiger partial charge in [-0.05, 0) is 50.5 Å². The van der Waals surface area contributed by atoms with Gasteiger partial charge in [0.2, 0.25) is 27.6 Å². The summed E-state index contributed by atoms with van der Waals surface area (Å²) in [5, 5.41) is 6.83. The van der Waals surface area contributed by atoms with Gasteiger partial charge in [0.15, 0.2) is 0 Å². The molecule has 0 atom stereocenters. The normalized spacial score (nSPS) is 15.8. The molecule has 9 nitrogen and oxygen atoms in total. The van der Waals surface area contributed by atoms with Gasteiger partial charge in [-0.2, -0.15) is 9.29 Å². The predicted molar refractivity (Wildman–Crippen MR) is 126 cm³/mol. The topological polar surface area (TPSA) is 118 Å². The van der Waals surface area contributed by atoms with Gasteiger partial charge in [0.1, 0.15) is 5.82 Å². The average molecular weight is 490 g/mol. The Hall–Kier alpha value is -2.63. The minimum absolute atomic E-state index is 0.0932. The summed E-state index contributed by atoms with van der Waals surface area (Å²) < 4.78 is 33.4. The summed E-state index contributed by atoms with van der Waals surface area (Å²) in [7, 11) is -3.69. The molecule has 1 fully saturated rings. The molecule has 11 heteroatoms. The van der Waals surface area contributed by atoms with Crippen molar-refractivity contribution in [2.24, 2.45) is 5.92 Å². The van der Waals surface area contributed by atoms with E-state index >= 15 is 0 Å². The lowest BCUT2D eigenvalue weighted by Gasteiger charge is -2.30. The molecule has 0 aliphatic carbocycles. The predicted octanol–water partition coefficient (Wildman–Crippen LogP) is 3.97. The lowest BCUT2D eigenvalue weighted by Crippen LogP contribution is -2.41. The number of carbonyl (C=O) groups is 1. The third-order valence-corrected chi connectivity index (χ3v) is 8.84. The highest BCUT2D eigenvalue weighted by atomic mass is 32.2. The van der Waals surface area contributed by atoms with E-state index in [1.54, 1.807) is 19.2 Å². The number of nitrogens with one attached hydrogen (secondary N) is 1. The molecule has 0 spiro atoms. The van der Waals surface area contributed by atoms with Crippen LogP contribution in [0, 0.1) is 19.8 Å². The van der Waals surface area contributed by atoms with Crippen LogP contribution in [0.1, 0.15) is 48.9 Å². The SMILES string of the molecule is Cc1ccnc(NC(=O)C2CCN(S(=O)(=O)c3cc(-c4noc(C(C)C)n4)sc3C)CC2)c1. The van der Waals surface area contributed by atoms with Crippen molar-refractivity contribution in [3.05, 3.63) is 40.7 Å². The molecule has 176 valence electrons. The molecular formula is C22H27N5O4S2. The molecule has 1 aliphatic rings. The van der Waals surface area contributed by atoms with Crippen molar-refractivity contribution in [1.82, 2.24) is 19.4 Å². The van der Waals surface area contributed by atoms with Gasteiger partial charge in [-0.25, -0.2) is 13.4 Å². The number of hydrogen-bond acceptors (Lipinski definition) is 8. The summed E-state index contributed by atoms with van der Waals surface area (Å²) in [6.45, 7) is 8.18. The molecule has 0 radical (unpaired) electrons. The first-order valence-corrected chi connectivity index (χ1v) is 13.1. The summed E-state index contributed by atoms with van der Waals surface area (Å²) in [5.74, 6) is 1.13. The van der Waals surface area contributed by atoms with Crippen LogP contribution < -0.4 is 5.32 Å². The first kappa shape index (κ1) is 23.5. The van der Waals surface area contributed by atoms with Crippen molar-refractivity contribution >= 4 is 33.1 Å². The van der Waals surface area contributed by atoms with Crippen molar-refractivity contribution in [3.8, 4) is 10.7 Å². The van der Waals surface area contributed by atoms with E-state index < -0.39 is 10.0 Å². The average Bonchev–Trinajstić information content (AvgIpc) is 3.41. The van der Waals surface area contributed by atoms with Crippen LogP contribution in [-0.4, -0.2) is 46.8 Å². The van der Waals surface area contributed by atoms with E-state index in [2.05, 4.69) is 20.4 Å². The Labute approximate surface area is 197 Å². The van der Waals surface area contributed by atoms with Crippen LogP contribution in [0.15, 0.2) is 33.8 Å². The largest absolute Gasteiger partial charge is 0.339 e. The van der Waals surface area contributed by atoms with E-state index in [9.17, 15) is 13.2 Å². The third kappa shape index (κ3) is 4.99. The monoisotopic (exact) mass is 489 g/mol. The minimum Gasteiger partial charge on any atom is -0.339 e. The van der Waals surface area contributed by atoms with Crippen LogP contribution in [0.5, 0.6) is 0 Å². The van der Waals surface area contributed by atoms with E-state index in [0.29, 0.717) is 40.1 Å². The maximum atomic E-state index is 13.3. The highest BCUT2D eigenvalue weighted by Gasteiger charge is 2.34. The second-order valence-electron chi connectivity index (χ2n) is 8.53. The molecule has 0 unspecified atom stereocenters. The van der Waals surface area contributed by atoms with Gasteiger partial charge >= 0.3 is 0 Å². The van der Waals surface area contributed by atoms with Crippen molar-refractivity contribution < 1.29 is 17.7 Å². The highest BCUT2D eigenvalue weighted by molar-refractivity contribution is 7.89. The van der Waals surface area contributed by atoms with Gasteiger partial charge in [0.25, 0.3) is 0 Å². The molecule has 0 saturated carbocycles.